The number of hydrogen-bond acceptors (Lipinski definition) is 4. The van der Waals surface area contributed by atoms with Crippen LogP contribution in [-0.4, -0.2) is 43.0 Å². The summed E-state index contributed by atoms with van der Waals surface area (Å²) in [6.45, 7) is 9.66. The van der Waals surface area contributed by atoms with Gasteiger partial charge in [-0.05, 0) is 12.1 Å². The molecule has 2 saturated heterocycles. The van der Waals surface area contributed by atoms with Gasteiger partial charge in [-0.15, -0.1) is 4.95 Å². The van der Waals surface area contributed by atoms with Crippen molar-refractivity contribution in [2.75, 3.05) is 26.3 Å². The molecule has 0 radical (unpaired) electrons. The molecule has 0 aromatic heterocycles. The number of nitrogens with zero attached hydrogens (tertiary/aromatic N) is 3. The Hall–Kier alpha value is -2.10. The molecule has 2 aliphatic heterocycles. The van der Waals surface area contributed by atoms with Crippen molar-refractivity contribution < 1.29 is 14.2 Å². The minimum Gasteiger partial charge on any atom is -0.421 e. The number of ether oxygens (including phenoxy) is 3. The van der Waals surface area contributed by atoms with Gasteiger partial charge >= 0.3 is 6.02 Å². The Labute approximate surface area is 123 Å². The Morgan fingerprint density at radius 2 is 1.86 bits per heavy atom. The maximum Gasteiger partial charge on any atom is 0.376 e. The highest BCUT2D eigenvalue weighted by atomic mass is 16.7. The molecule has 0 amide bonds. The molecule has 2 heterocycles. The lowest BCUT2D eigenvalue weighted by Crippen LogP contribution is -2.48. The van der Waals surface area contributed by atoms with Crippen LogP contribution in [0, 0.1) is 6.57 Å². The first kappa shape index (κ1) is 13.9. The first-order valence-corrected chi connectivity index (χ1v) is 7.01. The molecular formula is C15H17N3O3. The molecular weight excluding hydrogens is 270 g/mol. The summed E-state index contributed by atoms with van der Waals surface area (Å²) in [5, 5.41) is 3.79. The van der Waals surface area contributed by atoms with Gasteiger partial charge in [-0.1, -0.05) is 18.2 Å². The van der Waals surface area contributed by atoms with Crippen LogP contribution in [0.25, 0.3) is 4.95 Å². The van der Waals surface area contributed by atoms with E-state index in [0.29, 0.717) is 38.1 Å². The monoisotopic (exact) mass is 287 g/mol. The van der Waals surface area contributed by atoms with E-state index in [9.17, 15) is 0 Å². The molecule has 21 heavy (non-hydrogen) atoms. The van der Waals surface area contributed by atoms with Crippen LogP contribution in [0.3, 0.4) is 0 Å². The zero-order valence-electron chi connectivity index (χ0n) is 11.7. The number of hydrogen-bond donors (Lipinski definition) is 0. The van der Waals surface area contributed by atoms with Crippen molar-refractivity contribution in [3.63, 3.8) is 0 Å². The SMILES string of the molecule is [C-]#[N+]/N=C(/Oc1ccccc1)N1CCC2(CC1)OCCO2. The van der Waals surface area contributed by atoms with Gasteiger partial charge < -0.3 is 19.1 Å². The van der Waals surface area contributed by atoms with Crippen LogP contribution < -0.4 is 4.74 Å². The Bertz CT molecular complexity index is 537. The van der Waals surface area contributed by atoms with E-state index in [-0.39, 0.29) is 0 Å². The van der Waals surface area contributed by atoms with E-state index in [1.807, 2.05) is 35.2 Å². The maximum atomic E-state index is 6.96. The van der Waals surface area contributed by atoms with E-state index >= 15 is 0 Å². The second-order valence-electron chi connectivity index (χ2n) is 4.99. The summed E-state index contributed by atoms with van der Waals surface area (Å²) >= 11 is 0. The minimum absolute atomic E-state index is 0.337. The van der Waals surface area contributed by atoms with Crippen molar-refractivity contribution in [2.24, 2.45) is 5.10 Å². The molecule has 6 nitrogen and oxygen atoms in total. The molecule has 0 bridgehead atoms. The van der Waals surface area contributed by atoms with Gasteiger partial charge in [0.1, 0.15) is 10.9 Å². The topological polar surface area (TPSA) is 47.7 Å². The fraction of sp³-hybridized carbons (Fsp3) is 0.467. The fourth-order valence-electron chi connectivity index (χ4n) is 2.61. The zero-order chi connectivity index (χ0) is 14.5. The van der Waals surface area contributed by atoms with E-state index in [0.717, 1.165) is 12.8 Å². The average molecular weight is 287 g/mol. The molecule has 0 atom stereocenters. The van der Waals surface area contributed by atoms with Crippen LogP contribution in [-0.2, 0) is 9.47 Å². The molecule has 0 N–H and O–H groups in total. The fourth-order valence-corrected chi connectivity index (χ4v) is 2.61. The molecule has 1 aromatic carbocycles. The summed E-state index contributed by atoms with van der Waals surface area (Å²) in [6.07, 6.45) is 1.50. The molecule has 0 saturated carbocycles. The predicted molar refractivity (Wildman–Crippen MR) is 76.5 cm³/mol. The van der Waals surface area contributed by atoms with Gasteiger partial charge in [0.05, 0.1) is 13.2 Å². The van der Waals surface area contributed by atoms with Crippen LogP contribution in [0.2, 0.25) is 0 Å². The van der Waals surface area contributed by atoms with Crippen molar-refractivity contribution in [2.45, 2.75) is 18.6 Å². The summed E-state index contributed by atoms with van der Waals surface area (Å²) in [6, 6.07) is 9.70. The third-order valence-electron chi connectivity index (χ3n) is 3.70. The predicted octanol–water partition coefficient (Wildman–Crippen LogP) is 2.09. The van der Waals surface area contributed by atoms with Crippen molar-refractivity contribution in [1.82, 2.24) is 4.90 Å². The highest BCUT2D eigenvalue weighted by Crippen LogP contribution is 2.31. The second-order valence-corrected chi connectivity index (χ2v) is 4.99. The number of rotatable bonds is 1. The smallest absolute Gasteiger partial charge is 0.376 e. The lowest BCUT2D eigenvalue weighted by Gasteiger charge is -2.37. The summed E-state index contributed by atoms with van der Waals surface area (Å²) in [7, 11) is 0. The molecule has 0 unspecified atom stereocenters. The van der Waals surface area contributed by atoms with Crippen molar-refractivity contribution >= 4 is 6.02 Å². The van der Waals surface area contributed by atoms with Crippen molar-refractivity contribution in [3.8, 4) is 5.75 Å². The summed E-state index contributed by atoms with van der Waals surface area (Å²) in [4.78, 5) is 5.06. The average Bonchev–Trinajstić information content (AvgIpc) is 2.97. The van der Waals surface area contributed by atoms with Crippen LogP contribution in [0.15, 0.2) is 35.4 Å². The standard InChI is InChI=1S/C15H17N3O3/c1-16-17-14(21-13-5-3-2-4-6-13)18-9-7-15(8-10-18)19-11-12-20-15/h2-6H,7-12H2/b17-14+. The molecule has 3 rings (SSSR count). The van der Waals surface area contributed by atoms with Crippen LogP contribution in [0.5, 0.6) is 5.75 Å². The van der Waals surface area contributed by atoms with Gasteiger partial charge in [0.15, 0.2) is 5.79 Å². The lowest BCUT2D eigenvalue weighted by molar-refractivity contribution is -0.181. The molecule has 2 aliphatic rings. The third-order valence-corrected chi connectivity index (χ3v) is 3.70. The zero-order valence-corrected chi connectivity index (χ0v) is 11.7. The van der Waals surface area contributed by atoms with Crippen LogP contribution in [0.1, 0.15) is 12.8 Å². The quantitative estimate of drug-likeness (QED) is 0.343. The van der Waals surface area contributed by atoms with Gasteiger partial charge in [0, 0.05) is 25.9 Å². The van der Waals surface area contributed by atoms with E-state index in [1.165, 1.54) is 0 Å². The molecule has 1 aromatic rings. The lowest BCUT2D eigenvalue weighted by atomic mass is 10.0. The van der Waals surface area contributed by atoms with Gasteiger partial charge in [0.2, 0.25) is 0 Å². The van der Waals surface area contributed by atoms with Crippen LogP contribution >= 0.6 is 0 Å². The Morgan fingerprint density at radius 3 is 2.48 bits per heavy atom. The first-order chi connectivity index (χ1) is 10.3. The minimum atomic E-state index is -0.438. The highest BCUT2D eigenvalue weighted by Gasteiger charge is 2.41. The third kappa shape index (κ3) is 3.15. The number of likely N-dealkylation sites (tertiary alicyclic amines) is 1. The van der Waals surface area contributed by atoms with Gasteiger partial charge in [-0.25, -0.2) is 0 Å². The second kappa shape index (κ2) is 6.12. The Kier molecular flexibility index (Phi) is 4.04. The molecule has 0 aliphatic carbocycles. The number of benzene rings is 1. The largest absolute Gasteiger partial charge is 0.421 e. The molecule has 2 fully saturated rings. The van der Waals surface area contributed by atoms with E-state index in [1.54, 1.807) is 0 Å². The van der Waals surface area contributed by atoms with Crippen LogP contribution in [0.4, 0.5) is 0 Å². The first-order valence-electron chi connectivity index (χ1n) is 7.01. The van der Waals surface area contributed by atoms with Gasteiger partial charge in [-0.3, -0.25) is 0 Å². The molecule has 1 spiro atoms. The Balaban J connectivity index is 1.66. The Morgan fingerprint density at radius 1 is 1.19 bits per heavy atom. The van der Waals surface area contributed by atoms with E-state index in [4.69, 9.17) is 20.8 Å². The number of piperidine rings is 1. The van der Waals surface area contributed by atoms with E-state index in [2.05, 4.69) is 10.1 Å². The van der Waals surface area contributed by atoms with Crippen molar-refractivity contribution in [3.05, 3.63) is 41.9 Å². The normalized spacial score (nSPS) is 21.3. The maximum absolute atomic E-state index is 6.96. The number of amidine groups is 1. The summed E-state index contributed by atoms with van der Waals surface area (Å²) < 4.78 is 17.1. The molecule has 110 valence electrons. The molecule has 6 heteroatoms. The van der Waals surface area contributed by atoms with Crippen molar-refractivity contribution in [1.29, 1.82) is 0 Å². The van der Waals surface area contributed by atoms with Gasteiger partial charge in [-0.2, -0.15) is 6.57 Å². The van der Waals surface area contributed by atoms with Gasteiger partial charge in [0.25, 0.3) is 0 Å². The highest BCUT2D eigenvalue weighted by molar-refractivity contribution is 5.76. The summed E-state index contributed by atoms with van der Waals surface area (Å²) in [5.74, 6) is 0.237. The summed E-state index contributed by atoms with van der Waals surface area (Å²) in [5.41, 5.74) is 0. The number of para-hydroxylation sites is 1. The van der Waals surface area contributed by atoms with E-state index < -0.39 is 5.79 Å².